The lowest BCUT2D eigenvalue weighted by Gasteiger charge is -2.13. The molecule has 0 aliphatic heterocycles. The van der Waals surface area contributed by atoms with E-state index in [1.807, 2.05) is 25.1 Å². The van der Waals surface area contributed by atoms with Crippen molar-refractivity contribution in [1.82, 2.24) is 5.32 Å². The largest absolute Gasteiger partial charge is 0.398 e. The number of rotatable bonds is 6. The molecule has 4 nitrogen and oxygen atoms in total. The molecule has 0 saturated heterocycles. The molecule has 0 spiro atoms. The third-order valence-electron chi connectivity index (χ3n) is 2.25. The van der Waals surface area contributed by atoms with Crippen LogP contribution < -0.4 is 11.1 Å². The fourth-order valence-electron chi connectivity index (χ4n) is 1.27. The molecule has 1 aromatic carbocycles. The van der Waals surface area contributed by atoms with E-state index in [0.717, 1.165) is 9.37 Å². The van der Waals surface area contributed by atoms with Gasteiger partial charge in [-0.15, -0.1) is 11.8 Å². The minimum Gasteiger partial charge on any atom is -0.398 e. The van der Waals surface area contributed by atoms with E-state index in [0.29, 0.717) is 18.8 Å². The van der Waals surface area contributed by atoms with Crippen molar-refractivity contribution in [2.24, 2.45) is 0 Å². The van der Waals surface area contributed by atoms with E-state index in [1.165, 1.54) is 11.8 Å². The van der Waals surface area contributed by atoms with Crippen LogP contribution in [0.4, 0.5) is 5.69 Å². The molecule has 0 bridgehead atoms. The van der Waals surface area contributed by atoms with Gasteiger partial charge in [0.25, 0.3) is 0 Å². The summed E-state index contributed by atoms with van der Waals surface area (Å²) >= 11 is 4.83. The minimum atomic E-state index is -0.196. The van der Waals surface area contributed by atoms with Gasteiger partial charge in [-0.25, -0.2) is 0 Å². The summed E-state index contributed by atoms with van der Waals surface area (Å²) in [6, 6.07) is 5.61. The number of hydrogen-bond donors (Lipinski definition) is 2. The zero-order chi connectivity index (χ0) is 13.5. The molecule has 1 atom stereocenters. The highest BCUT2D eigenvalue weighted by Crippen LogP contribution is 2.31. The van der Waals surface area contributed by atoms with Gasteiger partial charge in [-0.2, -0.15) is 0 Å². The van der Waals surface area contributed by atoms with Gasteiger partial charge in [0.1, 0.15) is 0 Å². The van der Waals surface area contributed by atoms with E-state index in [4.69, 9.17) is 10.5 Å². The van der Waals surface area contributed by atoms with Gasteiger partial charge in [-0.05, 0) is 25.1 Å². The van der Waals surface area contributed by atoms with Crippen LogP contribution in [0.5, 0.6) is 0 Å². The van der Waals surface area contributed by atoms with Gasteiger partial charge in [0.05, 0.1) is 11.9 Å². The number of thioether (sulfide) groups is 1. The summed E-state index contributed by atoms with van der Waals surface area (Å²) in [4.78, 5) is 12.7. The van der Waals surface area contributed by atoms with Gasteiger partial charge in [0.2, 0.25) is 5.91 Å². The summed E-state index contributed by atoms with van der Waals surface area (Å²) in [7, 11) is 1.60. The average molecular weight is 333 g/mol. The summed E-state index contributed by atoms with van der Waals surface area (Å²) < 4.78 is 5.83. The summed E-state index contributed by atoms with van der Waals surface area (Å²) in [6.45, 7) is 2.89. The van der Waals surface area contributed by atoms with Gasteiger partial charge in [0, 0.05) is 28.7 Å². The predicted molar refractivity (Wildman–Crippen MR) is 78.8 cm³/mol. The number of hydrogen-bond acceptors (Lipinski definition) is 4. The van der Waals surface area contributed by atoms with Gasteiger partial charge >= 0.3 is 0 Å². The number of nitrogens with one attached hydrogen (secondary N) is 1. The van der Waals surface area contributed by atoms with Crippen LogP contribution in [0.1, 0.15) is 6.92 Å². The van der Waals surface area contributed by atoms with E-state index in [9.17, 15) is 4.79 Å². The van der Waals surface area contributed by atoms with E-state index >= 15 is 0 Å². The van der Waals surface area contributed by atoms with Crippen LogP contribution in [-0.2, 0) is 9.53 Å². The second-order valence-corrected chi connectivity index (χ2v) is 6.02. The van der Waals surface area contributed by atoms with Crippen LogP contribution in [0.3, 0.4) is 0 Å². The normalized spacial score (nSPS) is 12.2. The van der Waals surface area contributed by atoms with E-state index in [2.05, 4.69) is 21.2 Å². The second kappa shape index (κ2) is 7.66. The van der Waals surface area contributed by atoms with Crippen molar-refractivity contribution in [3.05, 3.63) is 22.7 Å². The molecule has 1 aromatic rings. The molecule has 1 unspecified atom stereocenters. The number of nitrogen functional groups attached to an aromatic ring is 1. The van der Waals surface area contributed by atoms with Crippen LogP contribution in [0, 0.1) is 0 Å². The molecule has 0 radical (unpaired) electrons. The monoisotopic (exact) mass is 332 g/mol. The molecular formula is C12H17BrN2O2S. The highest BCUT2D eigenvalue weighted by atomic mass is 79.9. The van der Waals surface area contributed by atoms with Crippen LogP contribution in [0.15, 0.2) is 27.6 Å². The van der Waals surface area contributed by atoms with Gasteiger partial charge in [-0.3, -0.25) is 4.79 Å². The Kier molecular flexibility index (Phi) is 6.52. The van der Waals surface area contributed by atoms with Crippen LogP contribution in [-0.4, -0.2) is 31.4 Å². The fraction of sp³-hybridized carbons (Fsp3) is 0.417. The van der Waals surface area contributed by atoms with E-state index in [-0.39, 0.29) is 11.2 Å². The Labute approximate surface area is 120 Å². The number of carbonyl (C=O) groups excluding carboxylic acids is 1. The zero-order valence-corrected chi connectivity index (χ0v) is 12.8. The van der Waals surface area contributed by atoms with Crippen LogP contribution in [0.25, 0.3) is 0 Å². The maximum absolute atomic E-state index is 11.8. The average Bonchev–Trinajstić information content (AvgIpc) is 2.34. The van der Waals surface area contributed by atoms with Crippen LogP contribution >= 0.6 is 27.7 Å². The Balaban J connectivity index is 2.55. The Hall–Kier alpha value is -0.720. The van der Waals surface area contributed by atoms with Crippen molar-refractivity contribution in [3.8, 4) is 0 Å². The van der Waals surface area contributed by atoms with Crippen molar-refractivity contribution >= 4 is 39.3 Å². The number of methoxy groups -OCH3 is 1. The van der Waals surface area contributed by atoms with Crippen molar-refractivity contribution in [2.75, 3.05) is 26.0 Å². The van der Waals surface area contributed by atoms with Crippen molar-refractivity contribution in [3.63, 3.8) is 0 Å². The van der Waals surface area contributed by atoms with Gasteiger partial charge < -0.3 is 15.8 Å². The highest BCUT2D eigenvalue weighted by molar-refractivity contribution is 9.10. The molecule has 1 amide bonds. The SMILES string of the molecule is COCCNC(=O)C(C)Sc1cc(Br)ccc1N. The van der Waals surface area contributed by atoms with Crippen molar-refractivity contribution in [1.29, 1.82) is 0 Å². The molecule has 0 aliphatic rings. The number of nitrogens with two attached hydrogens (primary N) is 1. The third kappa shape index (κ3) is 4.88. The lowest BCUT2D eigenvalue weighted by molar-refractivity contribution is -0.120. The van der Waals surface area contributed by atoms with E-state index in [1.54, 1.807) is 7.11 Å². The standard InChI is InChI=1S/C12H17BrN2O2S/c1-8(12(16)15-5-6-17-2)18-11-7-9(13)3-4-10(11)14/h3-4,7-8H,5-6,14H2,1-2H3,(H,15,16). The lowest BCUT2D eigenvalue weighted by Crippen LogP contribution is -2.33. The summed E-state index contributed by atoms with van der Waals surface area (Å²) in [5.41, 5.74) is 6.55. The quantitative estimate of drug-likeness (QED) is 0.476. The first-order chi connectivity index (χ1) is 8.54. The van der Waals surface area contributed by atoms with Crippen molar-refractivity contribution < 1.29 is 9.53 Å². The molecular weight excluding hydrogens is 316 g/mol. The molecule has 0 aromatic heterocycles. The summed E-state index contributed by atoms with van der Waals surface area (Å²) in [5, 5.41) is 2.60. The number of halogens is 1. The predicted octanol–water partition coefficient (Wildman–Crippen LogP) is 2.27. The van der Waals surface area contributed by atoms with Crippen molar-refractivity contribution in [2.45, 2.75) is 17.1 Å². The Bertz CT molecular complexity index is 415. The molecule has 18 heavy (non-hydrogen) atoms. The zero-order valence-electron chi connectivity index (χ0n) is 10.4. The second-order valence-electron chi connectivity index (χ2n) is 3.73. The fourth-order valence-corrected chi connectivity index (χ4v) is 2.76. The maximum atomic E-state index is 11.8. The first-order valence-corrected chi connectivity index (χ1v) is 7.20. The topological polar surface area (TPSA) is 64.3 Å². The Morgan fingerprint density at radius 3 is 3.00 bits per heavy atom. The number of anilines is 1. The smallest absolute Gasteiger partial charge is 0.233 e. The molecule has 6 heteroatoms. The number of benzene rings is 1. The van der Waals surface area contributed by atoms with Crippen LogP contribution in [0.2, 0.25) is 0 Å². The first-order valence-electron chi connectivity index (χ1n) is 5.53. The molecule has 3 N–H and O–H groups in total. The molecule has 100 valence electrons. The van der Waals surface area contributed by atoms with Gasteiger partial charge in [-0.1, -0.05) is 15.9 Å². The summed E-state index contributed by atoms with van der Waals surface area (Å²) in [6.07, 6.45) is 0. The first kappa shape index (κ1) is 15.3. The molecule has 0 saturated carbocycles. The lowest BCUT2D eigenvalue weighted by atomic mass is 10.3. The maximum Gasteiger partial charge on any atom is 0.233 e. The number of amides is 1. The Morgan fingerprint density at radius 2 is 2.33 bits per heavy atom. The number of ether oxygens (including phenoxy) is 1. The highest BCUT2D eigenvalue weighted by Gasteiger charge is 2.15. The number of carbonyl (C=O) groups is 1. The summed E-state index contributed by atoms with van der Waals surface area (Å²) in [5.74, 6) is -0.0172. The Morgan fingerprint density at radius 1 is 1.61 bits per heavy atom. The van der Waals surface area contributed by atoms with Gasteiger partial charge in [0.15, 0.2) is 0 Å². The molecule has 0 heterocycles. The molecule has 0 aliphatic carbocycles. The molecule has 1 rings (SSSR count). The van der Waals surface area contributed by atoms with E-state index < -0.39 is 0 Å². The third-order valence-corrected chi connectivity index (χ3v) is 3.92. The molecule has 0 fully saturated rings. The minimum absolute atomic E-state index is 0.0172.